The van der Waals surface area contributed by atoms with Crippen molar-refractivity contribution >= 4 is 15.9 Å². The molecule has 1 aromatic heterocycles. The van der Waals surface area contributed by atoms with Crippen LogP contribution in [0.25, 0.3) is 0 Å². The fraction of sp³-hybridized carbons (Fsp3) is 0.778. The summed E-state index contributed by atoms with van der Waals surface area (Å²) >= 11 is 3.28. The van der Waals surface area contributed by atoms with Gasteiger partial charge in [0.1, 0.15) is 11.3 Å². The van der Waals surface area contributed by atoms with Crippen LogP contribution in [-0.2, 0) is 17.4 Å². The van der Waals surface area contributed by atoms with Crippen LogP contribution in [0.4, 0.5) is 0 Å². The van der Waals surface area contributed by atoms with Crippen molar-refractivity contribution in [3.63, 3.8) is 0 Å². The van der Waals surface area contributed by atoms with E-state index in [1.54, 1.807) is 18.8 Å². The molecule has 0 radical (unpaired) electrons. The highest BCUT2D eigenvalue weighted by Gasteiger charge is 2.38. The lowest BCUT2D eigenvalue weighted by atomic mass is 9.88. The minimum absolute atomic E-state index is 0.00551. The van der Waals surface area contributed by atoms with Gasteiger partial charge < -0.3 is 9.84 Å². The summed E-state index contributed by atoms with van der Waals surface area (Å²) in [5.41, 5.74) is -0.439. The molecule has 1 unspecified atom stereocenters. The van der Waals surface area contributed by atoms with Crippen LogP contribution in [0.15, 0.2) is 4.60 Å². The fourth-order valence-electron chi connectivity index (χ4n) is 1.52. The van der Waals surface area contributed by atoms with Gasteiger partial charge in [0.15, 0.2) is 4.60 Å². The minimum Gasteiger partial charge on any atom is -0.381 e. The summed E-state index contributed by atoms with van der Waals surface area (Å²) in [5.74, 6) is 0.00551. The summed E-state index contributed by atoms with van der Waals surface area (Å²) in [6.07, 6.45) is 0. The van der Waals surface area contributed by atoms with Crippen LogP contribution in [0.2, 0.25) is 0 Å². The van der Waals surface area contributed by atoms with Crippen LogP contribution in [0.5, 0.6) is 0 Å². The standard InChI is InChI=1S/C9H16BrN3O2/c1-6(2)9(14,5-15-4)7-8(10)11-12-13(7)3/h6,14H,5H2,1-4H3. The maximum Gasteiger partial charge on any atom is 0.154 e. The van der Waals surface area contributed by atoms with Crippen molar-refractivity contribution in [1.29, 1.82) is 0 Å². The molecule has 1 rings (SSSR count). The number of aromatic nitrogens is 3. The number of nitrogens with zero attached hydrogens (tertiary/aromatic N) is 3. The number of rotatable bonds is 4. The summed E-state index contributed by atoms with van der Waals surface area (Å²) in [5, 5.41) is 18.3. The van der Waals surface area contributed by atoms with Crippen LogP contribution in [-0.4, -0.2) is 33.8 Å². The molecule has 0 aliphatic rings. The summed E-state index contributed by atoms with van der Waals surface area (Å²) < 4.78 is 7.17. The van der Waals surface area contributed by atoms with E-state index < -0.39 is 5.60 Å². The molecule has 1 heterocycles. The van der Waals surface area contributed by atoms with Crippen LogP contribution in [0.1, 0.15) is 19.5 Å². The molecule has 0 aliphatic heterocycles. The van der Waals surface area contributed by atoms with Gasteiger partial charge >= 0.3 is 0 Å². The highest BCUT2D eigenvalue weighted by molar-refractivity contribution is 9.10. The SMILES string of the molecule is COCC(O)(c1c(Br)nnn1C)C(C)C. The lowest BCUT2D eigenvalue weighted by molar-refractivity contribution is -0.0760. The van der Waals surface area contributed by atoms with Crippen molar-refractivity contribution in [2.24, 2.45) is 13.0 Å². The molecule has 6 heteroatoms. The maximum atomic E-state index is 10.6. The first-order valence-electron chi connectivity index (χ1n) is 4.70. The lowest BCUT2D eigenvalue weighted by Crippen LogP contribution is -2.39. The molecule has 0 spiro atoms. The Balaban J connectivity index is 3.20. The topological polar surface area (TPSA) is 60.2 Å². The molecule has 86 valence electrons. The predicted molar refractivity (Wildman–Crippen MR) is 59.3 cm³/mol. The Bertz CT molecular complexity index is 321. The Labute approximate surface area is 97.6 Å². The van der Waals surface area contributed by atoms with Crippen molar-refractivity contribution in [2.75, 3.05) is 13.7 Å². The Hall–Kier alpha value is -0.460. The van der Waals surface area contributed by atoms with Gasteiger partial charge in [-0.1, -0.05) is 19.1 Å². The zero-order valence-corrected chi connectivity index (χ0v) is 10.9. The van der Waals surface area contributed by atoms with Crippen molar-refractivity contribution < 1.29 is 9.84 Å². The van der Waals surface area contributed by atoms with Gasteiger partial charge in [-0.25, -0.2) is 4.68 Å². The van der Waals surface area contributed by atoms with E-state index in [-0.39, 0.29) is 12.5 Å². The normalized spacial score (nSPS) is 15.7. The largest absolute Gasteiger partial charge is 0.381 e. The third-order valence-electron chi connectivity index (χ3n) is 2.52. The Kier molecular flexibility index (Phi) is 3.86. The maximum absolute atomic E-state index is 10.6. The van der Waals surface area contributed by atoms with Crippen LogP contribution < -0.4 is 0 Å². The minimum atomic E-state index is -1.08. The van der Waals surface area contributed by atoms with Gasteiger partial charge in [0.25, 0.3) is 0 Å². The highest BCUT2D eigenvalue weighted by Crippen LogP contribution is 2.33. The zero-order chi connectivity index (χ0) is 11.6. The van der Waals surface area contributed by atoms with E-state index in [1.807, 2.05) is 13.8 Å². The monoisotopic (exact) mass is 277 g/mol. The van der Waals surface area contributed by atoms with E-state index in [2.05, 4.69) is 26.2 Å². The second-order valence-corrected chi connectivity index (χ2v) is 4.62. The van der Waals surface area contributed by atoms with Gasteiger partial charge in [-0.3, -0.25) is 0 Å². The molecule has 1 atom stereocenters. The fourth-order valence-corrected chi connectivity index (χ4v) is 2.19. The number of methoxy groups -OCH3 is 1. The van der Waals surface area contributed by atoms with E-state index in [1.165, 1.54) is 0 Å². The van der Waals surface area contributed by atoms with Gasteiger partial charge in [-0.05, 0) is 21.8 Å². The second kappa shape index (κ2) is 4.59. The quantitative estimate of drug-likeness (QED) is 0.895. The lowest BCUT2D eigenvalue weighted by Gasteiger charge is -2.31. The molecule has 5 nitrogen and oxygen atoms in total. The average Bonchev–Trinajstić information content (AvgIpc) is 2.46. The summed E-state index contributed by atoms with van der Waals surface area (Å²) in [7, 11) is 3.31. The predicted octanol–water partition coefficient (Wildman–Crippen LogP) is 1.07. The summed E-state index contributed by atoms with van der Waals surface area (Å²) in [6, 6.07) is 0. The van der Waals surface area contributed by atoms with Crippen LogP contribution >= 0.6 is 15.9 Å². The first kappa shape index (κ1) is 12.6. The molecule has 0 bridgehead atoms. The van der Waals surface area contributed by atoms with Crippen LogP contribution in [0.3, 0.4) is 0 Å². The Morgan fingerprint density at radius 2 is 2.20 bits per heavy atom. The Morgan fingerprint density at radius 1 is 1.60 bits per heavy atom. The number of hydrogen-bond acceptors (Lipinski definition) is 4. The third-order valence-corrected chi connectivity index (χ3v) is 3.05. The van der Waals surface area contributed by atoms with E-state index in [4.69, 9.17) is 4.74 Å². The molecule has 0 aliphatic carbocycles. The molecule has 0 aromatic carbocycles. The number of ether oxygens (including phenoxy) is 1. The molecule has 0 saturated heterocycles. The van der Waals surface area contributed by atoms with E-state index in [0.29, 0.717) is 10.3 Å². The molecular weight excluding hydrogens is 262 g/mol. The first-order chi connectivity index (χ1) is 6.93. The van der Waals surface area contributed by atoms with Crippen molar-refractivity contribution in [2.45, 2.75) is 19.4 Å². The van der Waals surface area contributed by atoms with Gasteiger partial charge in [0, 0.05) is 14.2 Å². The molecule has 1 aromatic rings. The van der Waals surface area contributed by atoms with Crippen molar-refractivity contribution in [1.82, 2.24) is 15.0 Å². The number of aryl methyl sites for hydroxylation is 1. The highest BCUT2D eigenvalue weighted by atomic mass is 79.9. The number of aliphatic hydroxyl groups is 1. The van der Waals surface area contributed by atoms with E-state index in [0.717, 1.165) is 0 Å². The van der Waals surface area contributed by atoms with E-state index >= 15 is 0 Å². The molecule has 0 saturated carbocycles. The van der Waals surface area contributed by atoms with E-state index in [9.17, 15) is 5.11 Å². The third kappa shape index (κ3) is 2.21. The van der Waals surface area contributed by atoms with Gasteiger partial charge in [-0.15, -0.1) is 5.10 Å². The van der Waals surface area contributed by atoms with Gasteiger partial charge in [0.05, 0.1) is 6.61 Å². The average molecular weight is 278 g/mol. The van der Waals surface area contributed by atoms with Crippen molar-refractivity contribution in [3.05, 3.63) is 10.3 Å². The molecular formula is C9H16BrN3O2. The molecule has 1 N–H and O–H groups in total. The number of hydrogen-bond donors (Lipinski definition) is 1. The zero-order valence-electron chi connectivity index (χ0n) is 9.36. The molecule has 0 amide bonds. The van der Waals surface area contributed by atoms with Gasteiger partial charge in [-0.2, -0.15) is 0 Å². The Morgan fingerprint density at radius 3 is 2.53 bits per heavy atom. The first-order valence-corrected chi connectivity index (χ1v) is 5.49. The second-order valence-electron chi connectivity index (χ2n) is 3.86. The molecule has 15 heavy (non-hydrogen) atoms. The number of halogens is 1. The summed E-state index contributed by atoms with van der Waals surface area (Å²) in [4.78, 5) is 0. The summed E-state index contributed by atoms with van der Waals surface area (Å²) in [6.45, 7) is 4.07. The smallest absolute Gasteiger partial charge is 0.154 e. The molecule has 0 fully saturated rings. The van der Waals surface area contributed by atoms with Crippen molar-refractivity contribution in [3.8, 4) is 0 Å². The van der Waals surface area contributed by atoms with Gasteiger partial charge in [0.2, 0.25) is 0 Å². The van der Waals surface area contributed by atoms with Crippen LogP contribution in [0, 0.1) is 5.92 Å².